The molecular weight excluding hydrogens is 324 g/mol. The number of carbonyl (C=O) groups is 1. The molecule has 0 saturated carbocycles. The summed E-state index contributed by atoms with van der Waals surface area (Å²) in [4.78, 5) is 12.1. The number of amides is 1. The first-order valence-electron chi connectivity index (χ1n) is 7.82. The van der Waals surface area contributed by atoms with Crippen molar-refractivity contribution >= 4 is 21.6 Å². The van der Waals surface area contributed by atoms with Crippen molar-refractivity contribution in [2.45, 2.75) is 38.1 Å². The lowest BCUT2D eigenvalue weighted by Crippen LogP contribution is -2.31. The Kier molecular flexibility index (Phi) is 5.62. The third-order valence-corrected chi connectivity index (χ3v) is 5.12. The first-order chi connectivity index (χ1) is 11.3. The van der Waals surface area contributed by atoms with Crippen molar-refractivity contribution in [3.63, 3.8) is 0 Å². The van der Waals surface area contributed by atoms with Crippen molar-refractivity contribution in [3.05, 3.63) is 59.7 Å². The van der Waals surface area contributed by atoms with E-state index in [1.165, 1.54) is 24.3 Å². The molecule has 5 nitrogen and oxygen atoms in total. The second-order valence-corrected chi connectivity index (χ2v) is 7.46. The van der Waals surface area contributed by atoms with Crippen molar-refractivity contribution < 1.29 is 13.2 Å². The van der Waals surface area contributed by atoms with Gasteiger partial charge in [0, 0.05) is 17.3 Å². The highest BCUT2D eigenvalue weighted by Crippen LogP contribution is 2.17. The number of hydrogen-bond acceptors (Lipinski definition) is 3. The summed E-state index contributed by atoms with van der Waals surface area (Å²) in [5.74, 6) is -0.209. The Labute approximate surface area is 143 Å². The van der Waals surface area contributed by atoms with Gasteiger partial charge in [-0.1, -0.05) is 24.6 Å². The minimum Gasteiger partial charge on any atom is -0.350 e. The molecular formula is C18H22N2O3S. The van der Waals surface area contributed by atoms with Crippen LogP contribution in [0.5, 0.6) is 0 Å². The highest BCUT2D eigenvalue weighted by Gasteiger charge is 2.15. The normalized spacial score (nSPS) is 12.5. The van der Waals surface area contributed by atoms with Crippen LogP contribution in [0.3, 0.4) is 0 Å². The van der Waals surface area contributed by atoms with E-state index in [0.717, 1.165) is 12.0 Å². The first kappa shape index (κ1) is 18.0. The topological polar surface area (TPSA) is 75.3 Å². The number of sulfonamides is 1. The van der Waals surface area contributed by atoms with E-state index in [2.05, 4.69) is 10.0 Å². The molecule has 1 atom stereocenters. The molecule has 0 heterocycles. The van der Waals surface area contributed by atoms with Crippen LogP contribution in [-0.2, 0) is 10.0 Å². The van der Waals surface area contributed by atoms with Crippen LogP contribution >= 0.6 is 0 Å². The standard InChI is InChI=1S/C18H22N2O3S/c1-4-14(3)19-18(21)15-7-11-17(12-8-15)24(22,23)20-16-9-5-13(2)6-10-16/h5-12,14,20H,4H2,1-3H3,(H,19,21)/t14-/m0/s1. The van der Waals surface area contributed by atoms with Crippen LogP contribution in [0.2, 0.25) is 0 Å². The van der Waals surface area contributed by atoms with Crippen molar-refractivity contribution in [1.29, 1.82) is 0 Å². The molecule has 0 aliphatic heterocycles. The Bertz CT molecular complexity index is 797. The molecule has 2 aromatic rings. The zero-order valence-electron chi connectivity index (χ0n) is 14.0. The quantitative estimate of drug-likeness (QED) is 0.842. The maximum absolute atomic E-state index is 12.4. The van der Waals surface area contributed by atoms with Gasteiger partial charge in [-0.3, -0.25) is 9.52 Å². The fourth-order valence-electron chi connectivity index (χ4n) is 2.03. The van der Waals surface area contributed by atoms with Gasteiger partial charge in [-0.15, -0.1) is 0 Å². The van der Waals surface area contributed by atoms with Gasteiger partial charge < -0.3 is 5.32 Å². The Hall–Kier alpha value is -2.34. The van der Waals surface area contributed by atoms with E-state index < -0.39 is 10.0 Å². The Morgan fingerprint density at radius 3 is 2.17 bits per heavy atom. The average Bonchev–Trinajstić information content (AvgIpc) is 2.56. The summed E-state index contributed by atoms with van der Waals surface area (Å²) in [5, 5.41) is 2.85. The van der Waals surface area contributed by atoms with Gasteiger partial charge >= 0.3 is 0 Å². The van der Waals surface area contributed by atoms with E-state index in [-0.39, 0.29) is 16.8 Å². The molecule has 128 valence electrons. The Morgan fingerprint density at radius 1 is 1.04 bits per heavy atom. The van der Waals surface area contributed by atoms with Crippen LogP contribution in [0.25, 0.3) is 0 Å². The zero-order valence-corrected chi connectivity index (χ0v) is 14.9. The number of aryl methyl sites for hydroxylation is 1. The summed E-state index contributed by atoms with van der Waals surface area (Å²) in [5.41, 5.74) is 1.98. The van der Waals surface area contributed by atoms with Crippen LogP contribution in [-0.4, -0.2) is 20.4 Å². The molecule has 6 heteroatoms. The minimum absolute atomic E-state index is 0.0733. The van der Waals surface area contributed by atoms with E-state index in [4.69, 9.17) is 0 Å². The number of carbonyl (C=O) groups excluding carboxylic acids is 1. The predicted molar refractivity (Wildman–Crippen MR) is 95.6 cm³/mol. The van der Waals surface area contributed by atoms with Gasteiger partial charge in [0.2, 0.25) is 0 Å². The fraction of sp³-hybridized carbons (Fsp3) is 0.278. The SMILES string of the molecule is CC[C@H](C)NC(=O)c1ccc(S(=O)(=O)Nc2ccc(C)cc2)cc1. The molecule has 1 amide bonds. The lowest BCUT2D eigenvalue weighted by molar-refractivity contribution is 0.0939. The maximum atomic E-state index is 12.4. The number of rotatable bonds is 6. The van der Waals surface area contributed by atoms with Crippen LogP contribution < -0.4 is 10.0 Å². The van der Waals surface area contributed by atoms with E-state index in [9.17, 15) is 13.2 Å². The zero-order chi connectivity index (χ0) is 17.7. The predicted octanol–water partition coefficient (Wildman–Crippen LogP) is 3.32. The Morgan fingerprint density at radius 2 is 1.62 bits per heavy atom. The van der Waals surface area contributed by atoms with Gasteiger partial charge in [0.15, 0.2) is 0 Å². The third kappa shape index (κ3) is 4.58. The number of anilines is 1. The van der Waals surface area contributed by atoms with Gasteiger partial charge in [-0.25, -0.2) is 8.42 Å². The lowest BCUT2D eigenvalue weighted by Gasteiger charge is -2.12. The molecule has 0 saturated heterocycles. The summed E-state index contributed by atoms with van der Waals surface area (Å²) in [6.45, 7) is 5.83. The van der Waals surface area contributed by atoms with E-state index >= 15 is 0 Å². The van der Waals surface area contributed by atoms with Crippen LogP contribution in [0.1, 0.15) is 36.2 Å². The molecule has 0 aromatic heterocycles. The van der Waals surface area contributed by atoms with Gasteiger partial charge in [0.05, 0.1) is 4.90 Å². The van der Waals surface area contributed by atoms with Gasteiger partial charge in [0.1, 0.15) is 0 Å². The molecule has 2 rings (SSSR count). The van der Waals surface area contributed by atoms with Gasteiger partial charge in [-0.2, -0.15) is 0 Å². The van der Waals surface area contributed by atoms with Gasteiger partial charge in [-0.05, 0) is 56.7 Å². The van der Waals surface area contributed by atoms with Crippen molar-refractivity contribution in [3.8, 4) is 0 Å². The number of nitrogens with one attached hydrogen (secondary N) is 2. The molecule has 0 aliphatic carbocycles. The largest absolute Gasteiger partial charge is 0.350 e. The first-order valence-corrected chi connectivity index (χ1v) is 9.30. The fourth-order valence-corrected chi connectivity index (χ4v) is 3.09. The number of hydrogen-bond donors (Lipinski definition) is 2. The molecule has 0 unspecified atom stereocenters. The van der Waals surface area contributed by atoms with Crippen LogP contribution in [0, 0.1) is 6.92 Å². The maximum Gasteiger partial charge on any atom is 0.261 e. The van der Waals surface area contributed by atoms with Crippen molar-refractivity contribution in [2.75, 3.05) is 4.72 Å². The summed E-state index contributed by atoms with van der Waals surface area (Å²) in [6, 6.07) is 13.1. The molecule has 0 spiro atoms. The van der Waals surface area contributed by atoms with E-state index in [1.54, 1.807) is 12.1 Å². The average molecular weight is 346 g/mol. The molecule has 0 bridgehead atoms. The molecule has 24 heavy (non-hydrogen) atoms. The molecule has 0 radical (unpaired) electrons. The van der Waals surface area contributed by atoms with E-state index in [0.29, 0.717) is 11.3 Å². The highest BCUT2D eigenvalue weighted by atomic mass is 32.2. The van der Waals surface area contributed by atoms with Crippen molar-refractivity contribution in [1.82, 2.24) is 5.32 Å². The third-order valence-electron chi connectivity index (χ3n) is 3.72. The summed E-state index contributed by atoms with van der Waals surface area (Å²) in [7, 11) is -3.68. The smallest absolute Gasteiger partial charge is 0.261 e. The van der Waals surface area contributed by atoms with Gasteiger partial charge in [0.25, 0.3) is 15.9 Å². The monoisotopic (exact) mass is 346 g/mol. The van der Waals surface area contributed by atoms with E-state index in [1.807, 2.05) is 32.9 Å². The molecule has 2 aromatic carbocycles. The van der Waals surface area contributed by atoms with Crippen LogP contribution in [0.4, 0.5) is 5.69 Å². The summed E-state index contributed by atoms with van der Waals surface area (Å²) < 4.78 is 27.3. The summed E-state index contributed by atoms with van der Waals surface area (Å²) in [6.07, 6.45) is 0.832. The Balaban J connectivity index is 2.14. The van der Waals surface area contributed by atoms with Crippen molar-refractivity contribution in [2.24, 2.45) is 0 Å². The van der Waals surface area contributed by atoms with Crippen LogP contribution in [0.15, 0.2) is 53.4 Å². The lowest BCUT2D eigenvalue weighted by atomic mass is 10.2. The second kappa shape index (κ2) is 7.49. The molecule has 2 N–H and O–H groups in total. The highest BCUT2D eigenvalue weighted by molar-refractivity contribution is 7.92. The number of benzene rings is 2. The molecule has 0 aliphatic rings. The summed E-state index contributed by atoms with van der Waals surface area (Å²) >= 11 is 0. The molecule has 0 fully saturated rings. The second-order valence-electron chi connectivity index (χ2n) is 5.78. The minimum atomic E-state index is -3.68.